The summed E-state index contributed by atoms with van der Waals surface area (Å²) in [7, 11) is 0. The van der Waals surface area contributed by atoms with Crippen LogP contribution in [0, 0.1) is 11.8 Å². The Kier molecular flexibility index (Phi) is 2.50. The fourth-order valence-corrected chi connectivity index (χ4v) is 2.78. The van der Waals surface area contributed by atoms with E-state index >= 15 is 0 Å². The van der Waals surface area contributed by atoms with Crippen molar-refractivity contribution >= 4 is 0 Å². The molecule has 1 aliphatic carbocycles. The van der Waals surface area contributed by atoms with Gasteiger partial charge in [0, 0.05) is 6.04 Å². The maximum absolute atomic E-state index is 3.78. The van der Waals surface area contributed by atoms with Crippen LogP contribution < -0.4 is 5.32 Å². The zero-order chi connectivity index (χ0) is 8.39. The highest BCUT2D eigenvalue weighted by Gasteiger charge is 2.34. The number of hydrogen-bond donors (Lipinski definition) is 1. The number of hydrogen-bond acceptors (Lipinski definition) is 1. The van der Waals surface area contributed by atoms with Gasteiger partial charge >= 0.3 is 0 Å². The summed E-state index contributed by atoms with van der Waals surface area (Å²) in [5, 5.41) is 3.67. The molecule has 0 unspecified atom stereocenters. The molecule has 2 fully saturated rings. The molecule has 3 atom stereocenters. The first-order chi connectivity index (χ1) is 5.90. The van der Waals surface area contributed by atoms with E-state index in [0.29, 0.717) is 0 Å². The van der Waals surface area contributed by atoms with Crippen molar-refractivity contribution in [3.05, 3.63) is 12.7 Å². The van der Waals surface area contributed by atoms with Gasteiger partial charge < -0.3 is 5.32 Å². The van der Waals surface area contributed by atoms with E-state index in [2.05, 4.69) is 11.9 Å². The molecule has 1 heterocycles. The molecule has 2 aliphatic rings. The van der Waals surface area contributed by atoms with Gasteiger partial charge in [0.15, 0.2) is 0 Å². The number of nitrogens with one attached hydrogen (secondary N) is 1. The highest BCUT2D eigenvalue weighted by atomic mass is 14.9. The molecule has 0 spiro atoms. The topological polar surface area (TPSA) is 12.0 Å². The van der Waals surface area contributed by atoms with Crippen LogP contribution in [0.2, 0.25) is 0 Å². The maximum Gasteiger partial charge on any atom is 0.00984 e. The average Bonchev–Trinajstić information content (AvgIpc) is 2.48. The van der Waals surface area contributed by atoms with Gasteiger partial charge in [0.25, 0.3) is 0 Å². The van der Waals surface area contributed by atoms with Crippen LogP contribution in [0.3, 0.4) is 0 Å². The molecule has 12 heavy (non-hydrogen) atoms. The molecule has 0 amide bonds. The van der Waals surface area contributed by atoms with E-state index in [9.17, 15) is 0 Å². The highest BCUT2D eigenvalue weighted by molar-refractivity contribution is 4.91. The van der Waals surface area contributed by atoms with Crippen molar-refractivity contribution in [1.82, 2.24) is 5.32 Å². The molecule has 0 aromatic heterocycles. The predicted molar refractivity (Wildman–Crippen MR) is 52.1 cm³/mol. The molecule has 0 radical (unpaired) electrons. The maximum atomic E-state index is 3.78. The second kappa shape index (κ2) is 3.61. The van der Waals surface area contributed by atoms with E-state index in [4.69, 9.17) is 0 Å². The molecule has 1 saturated carbocycles. The molecule has 1 aliphatic heterocycles. The number of piperidine rings is 1. The molecular formula is C11H19N. The molecule has 68 valence electrons. The zero-order valence-corrected chi connectivity index (χ0v) is 7.76. The van der Waals surface area contributed by atoms with E-state index in [1.54, 1.807) is 0 Å². The fraction of sp³-hybridized carbons (Fsp3) is 0.818. The molecular weight excluding hydrogens is 146 g/mol. The van der Waals surface area contributed by atoms with E-state index in [0.717, 1.165) is 17.9 Å². The van der Waals surface area contributed by atoms with Crippen LogP contribution in [0.1, 0.15) is 32.1 Å². The van der Waals surface area contributed by atoms with Crippen molar-refractivity contribution in [2.45, 2.75) is 38.1 Å². The summed E-state index contributed by atoms with van der Waals surface area (Å²) in [4.78, 5) is 0. The van der Waals surface area contributed by atoms with Crippen molar-refractivity contribution in [1.29, 1.82) is 0 Å². The Hall–Kier alpha value is -0.300. The number of allylic oxidation sites excluding steroid dienone is 1. The quantitative estimate of drug-likeness (QED) is 0.633. The molecule has 1 saturated heterocycles. The van der Waals surface area contributed by atoms with Gasteiger partial charge in [-0.15, -0.1) is 6.58 Å². The second-order valence-corrected chi connectivity index (χ2v) is 4.32. The van der Waals surface area contributed by atoms with Crippen molar-refractivity contribution in [2.24, 2.45) is 11.8 Å². The molecule has 1 nitrogen and oxygen atoms in total. The first-order valence-corrected chi connectivity index (χ1v) is 5.24. The van der Waals surface area contributed by atoms with Gasteiger partial charge in [0.1, 0.15) is 0 Å². The lowest BCUT2D eigenvalue weighted by Crippen LogP contribution is -2.41. The highest BCUT2D eigenvalue weighted by Crippen LogP contribution is 2.37. The lowest BCUT2D eigenvalue weighted by molar-refractivity contribution is 0.277. The molecule has 0 aromatic carbocycles. The first-order valence-electron chi connectivity index (χ1n) is 5.24. The van der Waals surface area contributed by atoms with Gasteiger partial charge in [-0.1, -0.05) is 6.08 Å². The van der Waals surface area contributed by atoms with Gasteiger partial charge in [-0.25, -0.2) is 0 Å². The normalized spacial score (nSPS) is 39.8. The monoisotopic (exact) mass is 165 g/mol. The molecule has 1 heteroatoms. The van der Waals surface area contributed by atoms with Crippen LogP contribution in [0.25, 0.3) is 0 Å². The van der Waals surface area contributed by atoms with Crippen LogP contribution in [0.15, 0.2) is 12.7 Å². The number of rotatable bonds is 3. The van der Waals surface area contributed by atoms with E-state index in [-0.39, 0.29) is 0 Å². The summed E-state index contributed by atoms with van der Waals surface area (Å²) >= 11 is 0. The number of fused-ring (bicyclic) bond motifs is 2. The smallest absolute Gasteiger partial charge is 0.00984 e. The Morgan fingerprint density at radius 1 is 1.42 bits per heavy atom. The van der Waals surface area contributed by atoms with E-state index in [1.165, 1.54) is 38.6 Å². The SMILES string of the molecule is C=CCC[C@H]1NC[C@H]2CC[C@@H]1C2. The van der Waals surface area contributed by atoms with Crippen LogP contribution >= 0.6 is 0 Å². The Labute approximate surface area is 75.2 Å². The minimum Gasteiger partial charge on any atom is -0.313 e. The van der Waals surface area contributed by atoms with Gasteiger partial charge in [0.2, 0.25) is 0 Å². The van der Waals surface area contributed by atoms with E-state index in [1.807, 2.05) is 6.08 Å². The van der Waals surface area contributed by atoms with Crippen molar-refractivity contribution < 1.29 is 0 Å². The molecule has 0 aromatic rings. The zero-order valence-electron chi connectivity index (χ0n) is 7.76. The Bertz CT molecular complexity index is 164. The Balaban J connectivity index is 1.85. The van der Waals surface area contributed by atoms with Crippen LogP contribution in [-0.4, -0.2) is 12.6 Å². The third kappa shape index (κ3) is 1.56. The van der Waals surface area contributed by atoms with Crippen molar-refractivity contribution in [2.75, 3.05) is 6.54 Å². The second-order valence-electron chi connectivity index (χ2n) is 4.32. The lowest BCUT2D eigenvalue weighted by Gasteiger charge is -2.29. The van der Waals surface area contributed by atoms with Crippen molar-refractivity contribution in [3.8, 4) is 0 Å². The summed E-state index contributed by atoms with van der Waals surface area (Å²) in [6.45, 7) is 5.05. The van der Waals surface area contributed by atoms with Gasteiger partial charge in [-0.2, -0.15) is 0 Å². The van der Waals surface area contributed by atoms with Crippen molar-refractivity contribution in [3.63, 3.8) is 0 Å². The lowest BCUT2D eigenvalue weighted by atomic mass is 9.90. The largest absolute Gasteiger partial charge is 0.313 e. The predicted octanol–water partition coefficient (Wildman–Crippen LogP) is 2.34. The average molecular weight is 165 g/mol. The van der Waals surface area contributed by atoms with Gasteiger partial charge in [-0.3, -0.25) is 0 Å². The summed E-state index contributed by atoms with van der Waals surface area (Å²) < 4.78 is 0. The first kappa shape index (κ1) is 8.31. The minimum absolute atomic E-state index is 0.807. The van der Waals surface area contributed by atoms with Crippen LogP contribution in [-0.2, 0) is 0 Å². The van der Waals surface area contributed by atoms with Gasteiger partial charge in [-0.05, 0) is 50.5 Å². The Morgan fingerprint density at radius 2 is 2.33 bits per heavy atom. The summed E-state index contributed by atoms with van der Waals surface area (Å²) in [5.74, 6) is 2.00. The third-order valence-electron chi connectivity index (χ3n) is 3.50. The third-order valence-corrected chi connectivity index (χ3v) is 3.50. The summed E-state index contributed by atoms with van der Waals surface area (Å²) in [5.41, 5.74) is 0. The van der Waals surface area contributed by atoms with Crippen LogP contribution in [0.4, 0.5) is 0 Å². The summed E-state index contributed by atoms with van der Waals surface area (Å²) in [6.07, 6.45) is 8.97. The fourth-order valence-electron chi connectivity index (χ4n) is 2.78. The van der Waals surface area contributed by atoms with E-state index < -0.39 is 0 Å². The summed E-state index contributed by atoms with van der Waals surface area (Å²) in [6, 6.07) is 0.807. The molecule has 2 bridgehead atoms. The minimum atomic E-state index is 0.807. The molecule has 2 rings (SSSR count). The van der Waals surface area contributed by atoms with Crippen LogP contribution in [0.5, 0.6) is 0 Å². The van der Waals surface area contributed by atoms with Gasteiger partial charge in [0.05, 0.1) is 0 Å². The standard InChI is InChI=1S/C11H19N/c1-2-3-4-11-10-6-5-9(7-10)8-12-11/h2,9-12H,1,3-8H2/t9-,10+,11+/m0/s1. The molecule has 1 N–H and O–H groups in total. The Morgan fingerprint density at radius 3 is 3.17 bits per heavy atom.